The third-order valence-electron chi connectivity index (χ3n) is 5.17. The summed E-state index contributed by atoms with van der Waals surface area (Å²) in [5.41, 5.74) is 4.69. The Morgan fingerprint density at radius 3 is 2.41 bits per heavy atom. The molecule has 0 aliphatic rings. The van der Waals surface area contributed by atoms with Crippen LogP contribution in [0.3, 0.4) is 0 Å². The predicted octanol–water partition coefficient (Wildman–Crippen LogP) is 4.18. The molecule has 1 amide bonds. The first-order valence-corrected chi connectivity index (χ1v) is 9.02. The number of aromatic carboxylic acids is 1. The third-order valence-corrected chi connectivity index (χ3v) is 5.17. The first-order chi connectivity index (χ1) is 12.8. The van der Waals surface area contributed by atoms with E-state index in [0.29, 0.717) is 12.1 Å². The molecule has 0 bridgehead atoms. The van der Waals surface area contributed by atoms with E-state index in [-0.39, 0.29) is 18.0 Å². The van der Waals surface area contributed by atoms with Gasteiger partial charge in [-0.2, -0.15) is 0 Å². The van der Waals surface area contributed by atoms with Crippen LogP contribution in [-0.4, -0.2) is 28.6 Å². The van der Waals surface area contributed by atoms with Gasteiger partial charge in [0.1, 0.15) is 5.69 Å². The van der Waals surface area contributed by atoms with Crippen molar-refractivity contribution in [2.45, 2.75) is 33.7 Å². The van der Waals surface area contributed by atoms with Crippen LogP contribution in [-0.2, 0) is 17.8 Å². The lowest BCUT2D eigenvalue weighted by Crippen LogP contribution is -2.28. The maximum atomic E-state index is 12.9. The fourth-order valence-corrected chi connectivity index (χ4v) is 3.48. The summed E-state index contributed by atoms with van der Waals surface area (Å²) in [6.45, 7) is 6.48. The van der Waals surface area contributed by atoms with Crippen molar-refractivity contribution < 1.29 is 14.7 Å². The van der Waals surface area contributed by atoms with E-state index in [0.717, 1.165) is 22.2 Å². The van der Waals surface area contributed by atoms with E-state index in [1.807, 2.05) is 63.2 Å². The van der Waals surface area contributed by atoms with Gasteiger partial charge in [-0.15, -0.1) is 0 Å². The fraction of sp³-hybridized carbons (Fsp3) is 0.273. The Morgan fingerprint density at radius 1 is 1.07 bits per heavy atom. The minimum atomic E-state index is -1.01. The van der Waals surface area contributed by atoms with Crippen molar-refractivity contribution in [1.82, 2.24) is 4.57 Å². The molecule has 27 heavy (non-hydrogen) atoms. The SMILES string of the molecule is CCn1c(C(=O)O)c(CC(=O)N(C)c2ccc(C)c(C)c2)c2ccccc21. The molecule has 0 aliphatic carbocycles. The highest BCUT2D eigenvalue weighted by Crippen LogP contribution is 2.28. The molecule has 0 atom stereocenters. The van der Waals surface area contributed by atoms with Gasteiger partial charge in [-0.1, -0.05) is 24.3 Å². The monoisotopic (exact) mass is 364 g/mol. The van der Waals surface area contributed by atoms with Gasteiger partial charge in [0.25, 0.3) is 0 Å². The number of fused-ring (bicyclic) bond motifs is 1. The molecule has 0 spiro atoms. The Balaban J connectivity index is 2.03. The van der Waals surface area contributed by atoms with Crippen LogP contribution in [0, 0.1) is 13.8 Å². The van der Waals surface area contributed by atoms with Gasteiger partial charge in [0.2, 0.25) is 5.91 Å². The number of carbonyl (C=O) groups excluding carboxylic acids is 1. The van der Waals surface area contributed by atoms with Crippen LogP contribution >= 0.6 is 0 Å². The number of hydrogen-bond donors (Lipinski definition) is 1. The Kier molecular flexibility index (Phi) is 5.04. The number of aryl methyl sites for hydroxylation is 3. The summed E-state index contributed by atoms with van der Waals surface area (Å²) in [6.07, 6.45) is 0.0402. The zero-order valence-corrected chi connectivity index (χ0v) is 16.1. The maximum Gasteiger partial charge on any atom is 0.352 e. The van der Waals surface area contributed by atoms with Gasteiger partial charge < -0.3 is 14.6 Å². The number of hydrogen-bond acceptors (Lipinski definition) is 2. The molecule has 3 aromatic rings. The molecule has 5 heteroatoms. The molecule has 3 rings (SSSR count). The molecule has 0 unspecified atom stereocenters. The summed E-state index contributed by atoms with van der Waals surface area (Å²) in [6, 6.07) is 13.4. The van der Waals surface area contributed by atoms with Crippen LogP contribution in [0.25, 0.3) is 10.9 Å². The standard InChI is InChI=1S/C22H24N2O3/c1-5-24-19-9-7-6-8-17(19)18(21(24)22(26)27)13-20(25)23(4)16-11-10-14(2)15(3)12-16/h6-12H,5,13H2,1-4H3,(H,26,27). The molecule has 0 saturated carbocycles. The number of para-hydroxylation sites is 1. The molecular weight excluding hydrogens is 340 g/mol. The summed E-state index contributed by atoms with van der Waals surface area (Å²) in [4.78, 5) is 26.5. The number of carboxylic acid groups (broad SMARTS) is 1. The Morgan fingerprint density at radius 2 is 1.78 bits per heavy atom. The highest BCUT2D eigenvalue weighted by Gasteiger charge is 2.24. The van der Waals surface area contributed by atoms with Crippen molar-refractivity contribution in [3.63, 3.8) is 0 Å². The highest BCUT2D eigenvalue weighted by atomic mass is 16.4. The minimum Gasteiger partial charge on any atom is -0.477 e. The number of rotatable bonds is 5. The van der Waals surface area contributed by atoms with E-state index in [1.54, 1.807) is 16.5 Å². The Labute approximate surface area is 158 Å². The van der Waals surface area contributed by atoms with Crippen LogP contribution in [0.4, 0.5) is 5.69 Å². The van der Waals surface area contributed by atoms with Gasteiger partial charge >= 0.3 is 5.97 Å². The van der Waals surface area contributed by atoms with Crippen molar-refractivity contribution in [2.24, 2.45) is 0 Å². The van der Waals surface area contributed by atoms with Gasteiger partial charge in [0.05, 0.1) is 6.42 Å². The molecule has 1 aromatic heterocycles. The largest absolute Gasteiger partial charge is 0.477 e. The minimum absolute atomic E-state index is 0.0402. The topological polar surface area (TPSA) is 62.5 Å². The molecule has 5 nitrogen and oxygen atoms in total. The lowest BCUT2D eigenvalue weighted by molar-refractivity contribution is -0.117. The normalized spacial score (nSPS) is 11.0. The van der Waals surface area contributed by atoms with Crippen molar-refractivity contribution in [3.05, 3.63) is 64.8 Å². The zero-order valence-electron chi connectivity index (χ0n) is 16.1. The van der Waals surface area contributed by atoms with Gasteiger partial charge in [-0.3, -0.25) is 4.79 Å². The summed E-state index contributed by atoms with van der Waals surface area (Å²) >= 11 is 0. The number of amides is 1. The van der Waals surface area contributed by atoms with E-state index in [2.05, 4.69) is 0 Å². The summed E-state index contributed by atoms with van der Waals surface area (Å²) in [5, 5.41) is 10.6. The van der Waals surface area contributed by atoms with E-state index >= 15 is 0 Å². The number of benzene rings is 2. The number of carbonyl (C=O) groups is 2. The second kappa shape index (κ2) is 7.27. The molecule has 0 radical (unpaired) electrons. The molecule has 2 aromatic carbocycles. The first-order valence-electron chi connectivity index (χ1n) is 9.02. The quantitative estimate of drug-likeness (QED) is 0.739. The number of anilines is 1. The van der Waals surface area contributed by atoms with Crippen molar-refractivity contribution in [1.29, 1.82) is 0 Å². The van der Waals surface area contributed by atoms with Crippen LogP contribution in [0.2, 0.25) is 0 Å². The lowest BCUT2D eigenvalue weighted by Gasteiger charge is -2.19. The molecular formula is C22H24N2O3. The Hall–Kier alpha value is -3.08. The van der Waals surface area contributed by atoms with Gasteiger partial charge in [0.15, 0.2) is 0 Å². The van der Waals surface area contributed by atoms with Gasteiger partial charge in [-0.25, -0.2) is 4.79 Å². The maximum absolute atomic E-state index is 12.9. The fourth-order valence-electron chi connectivity index (χ4n) is 3.48. The van der Waals surface area contributed by atoms with Crippen LogP contribution in [0.15, 0.2) is 42.5 Å². The number of carboxylic acids is 1. The van der Waals surface area contributed by atoms with Gasteiger partial charge in [0, 0.05) is 35.7 Å². The average molecular weight is 364 g/mol. The van der Waals surface area contributed by atoms with E-state index in [9.17, 15) is 14.7 Å². The van der Waals surface area contributed by atoms with E-state index < -0.39 is 5.97 Å². The van der Waals surface area contributed by atoms with E-state index in [4.69, 9.17) is 0 Å². The second-order valence-corrected chi connectivity index (χ2v) is 6.79. The number of nitrogens with zero attached hydrogens (tertiary/aromatic N) is 2. The molecule has 1 heterocycles. The molecule has 0 fully saturated rings. The summed E-state index contributed by atoms with van der Waals surface area (Å²) < 4.78 is 1.76. The third kappa shape index (κ3) is 3.33. The zero-order chi connectivity index (χ0) is 19.7. The predicted molar refractivity (Wildman–Crippen MR) is 108 cm³/mol. The molecule has 140 valence electrons. The van der Waals surface area contributed by atoms with Crippen LogP contribution in [0.1, 0.15) is 34.1 Å². The van der Waals surface area contributed by atoms with Gasteiger partial charge in [-0.05, 0) is 50.1 Å². The average Bonchev–Trinajstić information content (AvgIpc) is 2.97. The lowest BCUT2D eigenvalue weighted by atomic mass is 10.1. The van der Waals surface area contributed by atoms with Crippen molar-refractivity contribution >= 4 is 28.5 Å². The smallest absolute Gasteiger partial charge is 0.352 e. The number of likely N-dealkylation sites (N-methyl/N-ethyl adjacent to an activating group) is 1. The van der Waals surface area contributed by atoms with Crippen LogP contribution in [0.5, 0.6) is 0 Å². The summed E-state index contributed by atoms with van der Waals surface area (Å²) in [7, 11) is 1.73. The summed E-state index contributed by atoms with van der Waals surface area (Å²) in [5.74, 6) is -1.15. The van der Waals surface area contributed by atoms with Crippen molar-refractivity contribution in [2.75, 3.05) is 11.9 Å². The molecule has 1 N–H and O–H groups in total. The van der Waals surface area contributed by atoms with Crippen LogP contribution < -0.4 is 4.90 Å². The van der Waals surface area contributed by atoms with E-state index in [1.165, 1.54) is 5.56 Å². The Bertz CT molecular complexity index is 1030. The first kappa shape index (κ1) is 18.7. The molecule has 0 saturated heterocycles. The number of aromatic nitrogens is 1. The van der Waals surface area contributed by atoms with Crippen molar-refractivity contribution in [3.8, 4) is 0 Å². The molecule has 0 aliphatic heterocycles. The highest BCUT2D eigenvalue weighted by molar-refractivity contribution is 6.03. The second-order valence-electron chi connectivity index (χ2n) is 6.79.